The summed E-state index contributed by atoms with van der Waals surface area (Å²) in [7, 11) is 3.94. The highest BCUT2D eigenvalue weighted by molar-refractivity contribution is 5.90. The summed E-state index contributed by atoms with van der Waals surface area (Å²) in [5.74, 6) is 0.998. The fourth-order valence-electron chi connectivity index (χ4n) is 2.52. The zero-order chi connectivity index (χ0) is 13.8. The van der Waals surface area contributed by atoms with E-state index in [0.29, 0.717) is 5.82 Å². The van der Waals surface area contributed by atoms with Gasteiger partial charge in [0, 0.05) is 26.1 Å². The second kappa shape index (κ2) is 6.14. The van der Waals surface area contributed by atoms with Crippen molar-refractivity contribution in [3.63, 3.8) is 0 Å². The molecule has 106 valence electrons. The van der Waals surface area contributed by atoms with Crippen molar-refractivity contribution in [2.24, 2.45) is 0 Å². The Balaban J connectivity index is 2.01. The molecule has 1 aliphatic heterocycles. The van der Waals surface area contributed by atoms with Crippen LogP contribution in [0.25, 0.3) is 0 Å². The van der Waals surface area contributed by atoms with Crippen LogP contribution >= 0.6 is 0 Å². The van der Waals surface area contributed by atoms with Crippen LogP contribution in [-0.2, 0) is 6.42 Å². The maximum atomic E-state index is 12.3. The molecule has 0 bridgehead atoms. The summed E-state index contributed by atoms with van der Waals surface area (Å²) in [5.41, 5.74) is 0. The summed E-state index contributed by atoms with van der Waals surface area (Å²) in [4.78, 5) is 20.6. The maximum absolute atomic E-state index is 12.3. The van der Waals surface area contributed by atoms with Gasteiger partial charge in [0.2, 0.25) is 5.82 Å². The van der Waals surface area contributed by atoms with E-state index in [1.165, 1.54) is 0 Å². The second-order valence-corrected chi connectivity index (χ2v) is 5.33. The number of aromatic nitrogens is 3. The lowest BCUT2D eigenvalue weighted by molar-refractivity contribution is 0.0632. The molecule has 19 heavy (non-hydrogen) atoms. The van der Waals surface area contributed by atoms with Gasteiger partial charge in [-0.2, -0.15) is 0 Å². The summed E-state index contributed by atoms with van der Waals surface area (Å²) < 4.78 is 0. The number of carbonyl (C=O) groups excluding carboxylic acids is 1. The minimum Gasteiger partial charge on any atom is -0.335 e. The van der Waals surface area contributed by atoms with Crippen LogP contribution in [0.1, 0.15) is 42.6 Å². The van der Waals surface area contributed by atoms with Crippen LogP contribution in [0.4, 0.5) is 0 Å². The van der Waals surface area contributed by atoms with Crippen LogP contribution in [0.5, 0.6) is 0 Å². The van der Waals surface area contributed by atoms with Gasteiger partial charge in [-0.15, -0.1) is 5.10 Å². The van der Waals surface area contributed by atoms with E-state index in [4.69, 9.17) is 0 Å². The molecule has 1 N–H and O–H groups in total. The molecule has 2 rings (SSSR count). The van der Waals surface area contributed by atoms with Gasteiger partial charge in [-0.25, -0.2) is 4.98 Å². The molecule has 2 heterocycles. The molecule has 6 heteroatoms. The standard InChI is InChI=1S/C13H23N5O/c1-4-6-11-14-12(16-15-11)13(19)18(3)10-7-5-8-17(2)9-10/h10H,4-9H2,1-3H3,(H,14,15,16). The van der Waals surface area contributed by atoms with Crippen LogP contribution in [0, 0.1) is 0 Å². The maximum Gasteiger partial charge on any atom is 0.293 e. The summed E-state index contributed by atoms with van der Waals surface area (Å²) in [6.45, 7) is 4.11. The van der Waals surface area contributed by atoms with Crippen LogP contribution in [0.15, 0.2) is 0 Å². The zero-order valence-electron chi connectivity index (χ0n) is 12.0. The normalized spacial score (nSPS) is 20.5. The molecule has 1 saturated heterocycles. The first-order valence-corrected chi connectivity index (χ1v) is 6.98. The van der Waals surface area contributed by atoms with E-state index in [-0.39, 0.29) is 11.9 Å². The number of aromatic amines is 1. The van der Waals surface area contributed by atoms with Crippen molar-refractivity contribution in [2.45, 2.75) is 38.6 Å². The monoisotopic (exact) mass is 265 g/mol. The molecule has 1 aromatic rings. The summed E-state index contributed by atoms with van der Waals surface area (Å²) in [6, 6.07) is 0.263. The Labute approximate surface area is 114 Å². The molecule has 0 spiro atoms. The van der Waals surface area contributed by atoms with E-state index in [1.54, 1.807) is 4.90 Å². The number of hydrogen-bond acceptors (Lipinski definition) is 4. The van der Waals surface area contributed by atoms with Gasteiger partial charge in [0.05, 0.1) is 0 Å². The van der Waals surface area contributed by atoms with Crippen LogP contribution in [0.3, 0.4) is 0 Å². The number of likely N-dealkylation sites (tertiary alicyclic amines) is 1. The van der Waals surface area contributed by atoms with E-state index < -0.39 is 0 Å². The molecule has 0 radical (unpaired) electrons. The third kappa shape index (κ3) is 3.32. The van der Waals surface area contributed by atoms with Crippen LogP contribution in [0.2, 0.25) is 0 Å². The smallest absolute Gasteiger partial charge is 0.293 e. The van der Waals surface area contributed by atoms with Crippen molar-refractivity contribution in [3.05, 3.63) is 11.6 Å². The Kier molecular flexibility index (Phi) is 4.52. The molecule has 1 atom stereocenters. The van der Waals surface area contributed by atoms with E-state index >= 15 is 0 Å². The SMILES string of the molecule is CCCc1nc(C(=O)N(C)C2CCCN(C)C2)n[nH]1. The topological polar surface area (TPSA) is 65.1 Å². The number of amides is 1. The van der Waals surface area contributed by atoms with Gasteiger partial charge in [-0.3, -0.25) is 9.89 Å². The highest BCUT2D eigenvalue weighted by atomic mass is 16.2. The van der Waals surface area contributed by atoms with Crippen molar-refractivity contribution in [3.8, 4) is 0 Å². The van der Waals surface area contributed by atoms with Gasteiger partial charge in [-0.05, 0) is 32.9 Å². The number of hydrogen-bond donors (Lipinski definition) is 1. The fraction of sp³-hybridized carbons (Fsp3) is 0.769. The number of likely N-dealkylation sites (N-methyl/N-ethyl adjacent to an activating group) is 2. The Morgan fingerprint density at radius 1 is 1.58 bits per heavy atom. The first kappa shape index (κ1) is 14.0. The third-order valence-electron chi connectivity index (χ3n) is 3.68. The van der Waals surface area contributed by atoms with Crippen LogP contribution in [-0.4, -0.2) is 64.1 Å². The highest BCUT2D eigenvalue weighted by Gasteiger charge is 2.27. The van der Waals surface area contributed by atoms with Crippen LogP contribution < -0.4 is 0 Å². The Morgan fingerprint density at radius 2 is 2.37 bits per heavy atom. The second-order valence-electron chi connectivity index (χ2n) is 5.33. The van der Waals surface area contributed by atoms with E-state index in [0.717, 1.165) is 44.6 Å². The molecule has 1 aromatic heterocycles. The largest absolute Gasteiger partial charge is 0.335 e. The van der Waals surface area contributed by atoms with Crippen molar-refractivity contribution < 1.29 is 4.79 Å². The number of piperidine rings is 1. The minimum atomic E-state index is -0.0843. The van der Waals surface area contributed by atoms with E-state index in [2.05, 4.69) is 34.1 Å². The number of nitrogens with one attached hydrogen (secondary N) is 1. The lowest BCUT2D eigenvalue weighted by atomic mass is 10.1. The molecule has 0 aliphatic carbocycles. The molecule has 1 amide bonds. The number of carbonyl (C=O) groups is 1. The molecule has 1 fully saturated rings. The highest BCUT2D eigenvalue weighted by Crippen LogP contribution is 2.15. The molecular weight excluding hydrogens is 242 g/mol. The Bertz CT molecular complexity index is 430. The molecule has 6 nitrogen and oxygen atoms in total. The summed E-state index contributed by atoms with van der Waals surface area (Å²) in [6.07, 6.45) is 4.01. The number of rotatable bonds is 4. The van der Waals surface area contributed by atoms with Crippen molar-refractivity contribution in [1.29, 1.82) is 0 Å². The Hall–Kier alpha value is -1.43. The van der Waals surface area contributed by atoms with Crippen molar-refractivity contribution >= 4 is 5.91 Å². The van der Waals surface area contributed by atoms with Crippen molar-refractivity contribution in [1.82, 2.24) is 25.0 Å². The molecule has 1 aliphatic rings. The van der Waals surface area contributed by atoms with E-state index in [1.807, 2.05) is 7.05 Å². The molecule has 0 aromatic carbocycles. The van der Waals surface area contributed by atoms with E-state index in [9.17, 15) is 4.79 Å². The van der Waals surface area contributed by atoms with Gasteiger partial charge >= 0.3 is 0 Å². The van der Waals surface area contributed by atoms with Gasteiger partial charge in [0.15, 0.2) is 0 Å². The van der Waals surface area contributed by atoms with Gasteiger partial charge in [0.1, 0.15) is 5.82 Å². The number of aryl methyl sites for hydroxylation is 1. The summed E-state index contributed by atoms with van der Waals surface area (Å²) >= 11 is 0. The average Bonchev–Trinajstić information content (AvgIpc) is 2.86. The fourth-order valence-corrected chi connectivity index (χ4v) is 2.52. The lowest BCUT2D eigenvalue weighted by Crippen LogP contribution is -2.47. The Morgan fingerprint density at radius 3 is 3.05 bits per heavy atom. The molecule has 0 saturated carbocycles. The molecular formula is C13H23N5O. The van der Waals surface area contributed by atoms with Gasteiger partial charge in [-0.1, -0.05) is 6.92 Å². The first-order valence-electron chi connectivity index (χ1n) is 6.98. The number of nitrogens with zero attached hydrogens (tertiary/aromatic N) is 4. The average molecular weight is 265 g/mol. The number of H-pyrrole nitrogens is 1. The predicted molar refractivity (Wildman–Crippen MR) is 73.0 cm³/mol. The van der Waals surface area contributed by atoms with Gasteiger partial charge < -0.3 is 9.80 Å². The summed E-state index contributed by atoms with van der Waals surface area (Å²) in [5, 5.41) is 6.86. The third-order valence-corrected chi connectivity index (χ3v) is 3.68. The minimum absolute atomic E-state index is 0.0843. The quantitative estimate of drug-likeness (QED) is 0.879. The predicted octanol–water partition coefficient (Wildman–Crippen LogP) is 0.923. The zero-order valence-corrected chi connectivity index (χ0v) is 12.0. The molecule has 1 unspecified atom stereocenters. The van der Waals surface area contributed by atoms with Crippen molar-refractivity contribution in [2.75, 3.05) is 27.2 Å². The first-order chi connectivity index (χ1) is 9.11. The van der Waals surface area contributed by atoms with Gasteiger partial charge in [0.25, 0.3) is 5.91 Å². The lowest BCUT2D eigenvalue weighted by Gasteiger charge is -2.35.